The molecule has 0 saturated heterocycles. The first-order valence-corrected chi connectivity index (χ1v) is 25.3. The number of nitrogens with one attached hydrogen (secondary N) is 2. The molecule has 4 rings (SSSR count). The van der Waals surface area contributed by atoms with E-state index in [9.17, 15) is 30.6 Å². The summed E-state index contributed by atoms with van der Waals surface area (Å²) in [7, 11) is 0. The van der Waals surface area contributed by atoms with Gasteiger partial charge in [-0.15, -0.1) is 0 Å². The van der Waals surface area contributed by atoms with Crippen molar-refractivity contribution in [3.63, 3.8) is 0 Å². The fourth-order valence-electron chi connectivity index (χ4n) is 8.28. The van der Waals surface area contributed by atoms with E-state index in [1.165, 1.54) is 85.8 Å². The van der Waals surface area contributed by atoms with Crippen LogP contribution >= 0.6 is 0 Å². The van der Waals surface area contributed by atoms with E-state index in [0.29, 0.717) is 35.3 Å². The summed E-state index contributed by atoms with van der Waals surface area (Å²) in [6.45, 7) is 5.32. The summed E-state index contributed by atoms with van der Waals surface area (Å²) in [5.41, 5.74) is 7.92. The fraction of sp³-hybridized carbons (Fsp3) is 0.571. The highest BCUT2D eigenvalue weighted by molar-refractivity contribution is 5.37. The molecule has 4 aromatic rings. The van der Waals surface area contributed by atoms with Crippen LogP contribution in [0.15, 0.2) is 84.9 Å². The molecule has 366 valence electrons. The molecule has 0 heterocycles. The van der Waals surface area contributed by atoms with Gasteiger partial charge in [0.25, 0.3) is 0 Å². The summed E-state index contributed by atoms with van der Waals surface area (Å²) in [6.07, 6.45) is 21.8. The third-order valence-corrected chi connectivity index (χ3v) is 12.5. The molecule has 0 bridgehead atoms. The molecule has 0 aliphatic rings. The third-order valence-electron chi connectivity index (χ3n) is 12.5. The van der Waals surface area contributed by atoms with Crippen LogP contribution < -0.4 is 10.6 Å². The Labute approximate surface area is 396 Å². The van der Waals surface area contributed by atoms with E-state index in [1.54, 1.807) is 24.3 Å². The largest absolute Gasteiger partial charge is 0.508 e. The van der Waals surface area contributed by atoms with E-state index in [-0.39, 0.29) is 24.7 Å². The van der Waals surface area contributed by atoms with Gasteiger partial charge in [-0.3, -0.25) is 0 Å². The van der Waals surface area contributed by atoms with Crippen LogP contribution in [0.1, 0.15) is 159 Å². The van der Waals surface area contributed by atoms with Crippen molar-refractivity contribution < 1.29 is 40.1 Å². The van der Waals surface area contributed by atoms with E-state index >= 15 is 0 Å². The minimum Gasteiger partial charge on any atom is -0.508 e. The lowest BCUT2D eigenvalue weighted by Crippen LogP contribution is -2.22. The van der Waals surface area contributed by atoms with Crippen LogP contribution in [0.4, 0.5) is 0 Å². The van der Waals surface area contributed by atoms with E-state index in [2.05, 4.69) is 59.2 Å². The molecule has 0 fully saturated rings. The topological polar surface area (TPSA) is 164 Å². The first-order chi connectivity index (χ1) is 32.4. The number of benzene rings is 4. The van der Waals surface area contributed by atoms with Crippen molar-refractivity contribution >= 4 is 0 Å². The Balaban J connectivity index is 0.864. The minimum atomic E-state index is -0.667. The number of rotatable bonds is 39. The number of aryl methyl sites for hydroxylation is 4. The highest BCUT2D eigenvalue weighted by Gasteiger charge is 2.11. The molecular formula is C56H84N2O8. The molecule has 0 aliphatic heterocycles. The number of unbranched alkanes of at least 4 members (excludes halogenated alkanes) is 11. The summed E-state index contributed by atoms with van der Waals surface area (Å²) in [4.78, 5) is 0. The van der Waals surface area contributed by atoms with E-state index in [0.717, 1.165) is 117 Å². The van der Waals surface area contributed by atoms with Gasteiger partial charge in [0.1, 0.15) is 11.5 Å². The summed E-state index contributed by atoms with van der Waals surface area (Å²) in [5.74, 6) is 0.0955. The lowest BCUT2D eigenvalue weighted by molar-refractivity contribution is 0.127. The average molecular weight is 913 g/mol. The smallest absolute Gasteiger partial charge is 0.121 e. The Morgan fingerprint density at radius 1 is 0.379 bits per heavy atom. The predicted molar refractivity (Wildman–Crippen MR) is 267 cm³/mol. The first kappa shape index (κ1) is 54.8. The number of aromatic hydroxyl groups is 2. The molecule has 0 aliphatic carbocycles. The van der Waals surface area contributed by atoms with Crippen molar-refractivity contribution in [2.24, 2.45) is 0 Å². The van der Waals surface area contributed by atoms with Crippen LogP contribution in [0.25, 0.3) is 0 Å². The van der Waals surface area contributed by atoms with Gasteiger partial charge in [0, 0.05) is 50.6 Å². The molecule has 66 heavy (non-hydrogen) atoms. The van der Waals surface area contributed by atoms with Crippen LogP contribution in [-0.4, -0.2) is 83.2 Å². The van der Waals surface area contributed by atoms with Crippen molar-refractivity contribution in [1.82, 2.24) is 10.6 Å². The van der Waals surface area contributed by atoms with Gasteiger partial charge in [-0.2, -0.15) is 0 Å². The van der Waals surface area contributed by atoms with Gasteiger partial charge in [-0.1, -0.05) is 112 Å². The summed E-state index contributed by atoms with van der Waals surface area (Å²) in [6, 6.07) is 28.1. The third kappa shape index (κ3) is 23.3. The lowest BCUT2D eigenvalue weighted by atomic mass is 10.0. The maximum absolute atomic E-state index is 10.4. The van der Waals surface area contributed by atoms with Gasteiger partial charge in [0.15, 0.2) is 0 Å². The van der Waals surface area contributed by atoms with Gasteiger partial charge in [0.2, 0.25) is 0 Å². The molecule has 8 N–H and O–H groups in total. The van der Waals surface area contributed by atoms with Gasteiger partial charge in [-0.25, -0.2) is 0 Å². The quantitative estimate of drug-likeness (QED) is 0.0202. The monoisotopic (exact) mass is 913 g/mol. The summed E-state index contributed by atoms with van der Waals surface area (Å²) < 4.78 is 11.8. The molecule has 0 spiro atoms. The zero-order valence-electron chi connectivity index (χ0n) is 40.0. The SMILES string of the molecule is OCc1cc(C(O)CNCCCCCCOCCCc2ccc(CCCCCCCCc3ccc(CCCOCCCCCCNCC(O)c4ccc(O)c(CO)c4)cc3)cc2)ccc1O. The molecule has 2 atom stereocenters. The maximum atomic E-state index is 10.4. The molecule has 0 saturated carbocycles. The number of hydrogen-bond donors (Lipinski definition) is 8. The zero-order chi connectivity index (χ0) is 46.9. The standard InChI is InChI=1S/C56H84N2O8/c59-43-51-39-49(29-31-53(51)61)55(63)41-57-33-11-5-7-13-35-65-37-15-19-47-25-21-45(22-26-47)17-9-3-1-2-4-10-18-46-23-27-48(28-24-46)20-16-38-66-36-14-8-6-12-34-58-42-56(64)50-30-32-54(62)52(40-50)44-60/h21-32,39-40,55-64H,1-20,33-38,41-44H2. The van der Waals surface area contributed by atoms with Crippen molar-refractivity contribution in [3.8, 4) is 11.5 Å². The molecule has 0 aromatic heterocycles. The molecular weight excluding hydrogens is 829 g/mol. The van der Waals surface area contributed by atoms with Crippen molar-refractivity contribution in [2.45, 2.75) is 154 Å². The Morgan fingerprint density at radius 3 is 1.08 bits per heavy atom. The van der Waals surface area contributed by atoms with Gasteiger partial charge in [-0.05, 0) is 148 Å². The van der Waals surface area contributed by atoms with Crippen LogP contribution in [0.2, 0.25) is 0 Å². The van der Waals surface area contributed by atoms with Gasteiger partial charge in [0.05, 0.1) is 25.4 Å². The Bertz CT molecular complexity index is 1690. The molecule has 2 unspecified atom stereocenters. The lowest BCUT2D eigenvalue weighted by Gasteiger charge is -2.14. The molecule has 0 radical (unpaired) electrons. The second-order valence-electron chi connectivity index (χ2n) is 18.0. The molecule has 10 nitrogen and oxygen atoms in total. The van der Waals surface area contributed by atoms with Crippen LogP contribution in [0, 0.1) is 0 Å². The average Bonchev–Trinajstić information content (AvgIpc) is 3.34. The number of phenols is 2. The number of aliphatic hydroxyl groups excluding tert-OH is 4. The van der Waals surface area contributed by atoms with E-state index in [1.807, 2.05) is 0 Å². The van der Waals surface area contributed by atoms with Crippen molar-refractivity contribution in [2.75, 3.05) is 52.6 Å². The van der Waals surface area contributed by atoms with Crippen LogP contribution in [0.5, 0.6) is 11.5 Å². The van der Waals surface area contributed by atoms with Crippen molar-refractivity contribution in [3.05, 3.63) is 129 Å². The Hall–Kier alpha value is -3.84. The van der Waals surface area contributed by atoms with E-state index < -0.39 is 12.2 Å². The second-order valence-corrected chi connectivity index (χ2v) is 18.0. The summed E-state index contributed by atoms with van der Waals surface area (Å²) >= 11 is 0. The zero-order valence-corrected chi connectivity index (χ0v) is 40.0. The molecule has 0 amide bonds. The van der Waals surface area contributed by atoms with Crippen molar-refractivity contribution in [1.29, 1.82) is 0 Å². The Kier molecular flexibility index (Phi) is 28.6. The second kappa shape index (κ2) is 34.4. The molecule has 10 heteroatoms. The summed E-state index contributed by atoms with van der Waals surface area (Å²) in [5, 5.41) is 65.3. The fourth-order valence-corrected chi connectivity index (χ4v) is 8.28. The number of hydrogen-bond acceptors (Lipinski definition) is 10. The number of aliphatic hydroxyl groups is 4. The number of ether oxygens (including phenoxy) is 2. The van der Waals surface area contributed by atoms with E-state index in [4.69, 9.17) is 9.47 Å². The van der Waals surface area contributed by atoms with Crippen LogP contribution in [-0.2, 0) is 48.4 Å². The minimum absolute atomic E-state index is 0.0477. The van der Waals surface area contributed by atoms with Gasteiger partial charge < -0.3 is 50.7 Å². The highest BCUT2D eigenvalue weighted by Crippen LogP contribution is 2.24. The maximum Gasteiger partial charge on any atom is 0.121 e. The Morgan fingerprint density at radius 2 is 0.697 bits per heavy atom. The predicted octanol–water partition coefficient (Wildman–Crippen LogP) is 9.87. The van der Waals surface area contributed by atoms with Crippen LogP contribution in [0.3, 0.4) is 0 Å². The van der Waals surface area contributed by atoms with Gasteiger partial charge >= 0.3 is 0 Å². The first-order valence-electron chi connectivity index (χ1n) is 25.3. The normalized spacial score (nSPS) is 12.5. The molecule has 4 aromatic carbocycles. The highest BCUT2D eigenvalue weighted by atomic mass is 16.5.